The van der Waals surface area contributed by atoms with Gasteiger partial charge < -0.3 is 5.32 Å². The second-order valence-corrected chi connectivity index (χ2v) is 5.92. The number of fused-ring (bicyclic) bond motifs is 2. The van der Waals surface area contributed by atoms with Gasteiger partial charge >= 0.3 is 0 Å². The Labute approximate surface area is 136 Å². The van der Waals surface area contributed by atoms with Crippen LogP contribution in [-0.4, -0.2) is 18.1 Å². The SMILES string of the molecule is CCCCCCNc1cccc2c1C(=O)c1ccccc1C2=O. The van der Waals surface area contributed by atoms with Gasteiger partial charge in [0.25, 0.3) is 0 Å². The van der Waals surface area contributed by atoms with Gasteiger partial charge in [-0.25, -0.2) is 0 Å². The summed E-state index contributed by atoms with van der Waals surface area (Å²) in [5.41, 5.74) is 2.81. The van der Waals surface area contributed by atoms with Gasteiger partial charge in [-0.1, -0.05) is 62.6 Å². The molecular weight excluding hydrogens is 286 g/mol. The number of carbonyl (C=O) groups excluding carboxylic acids is 2. The average Bonchev–Trinajstić information content (AvgIpc) is 2.59. The normalized spacial score (nSPS) is 12.7. The number of nitrogens with one attached hydrogen (secondary N) is 1. The van der Waals surface area contributed by atoms with E-state index in [2.05, 4.69) is 12.2 Å². The second kappa shape index (κ2) is 6.78. The van der Waals surface area contributed by atoms with Crippen LogP contribution in [0.3, 0.4) is 0 Å². The van der Waals surface area contributed by atoms with E-state index in [4.69, 9.17) is 0 Å². The number of benzene rings is 2. The highest BCUT2D eigenvalue weighted by Crippen LogP contribution is 2.31. The zero-order valence-electron chi connectivity index (χ0n) is 13.4. The summed E-state index contributed by atoms with van der Waals surface area (Å²) in [7, 11) is 0. The number of ketones is 2. The van der Waals surface area contributed by atoms with Crippen LogP contribution in [0.2, 0.25) is 0 Å². The van der Waals surface area contributed by atoms with Gasteiger partial charge in [-0.2, -0.15) is 0 Å². The Bertz CT molecular complexity index is 749. The largest absolute Gasteiger partial charge is 0.384 e. The van der Waals surface area contributed by atoms with Gasteiger partial charge in [-0.05, 0) is 12.5 Å². The van der Waals surface area contributed by atoms with Gasteiger partial charge in [0, 0.05) is 28.9 Å². The topological polar surface area (TPSA) is 46.2 Å². The maximum absolute atomic E-state index is 12.8. The van der Waals surface area contributed by atoms with Crippen LogP contribution >= 0.6 is 0 Å². The predicted octanol–water partition coefficient (Wildman–Crippen LogP) is 4.45. The lowest BCUT2D eigenvalue weighted by Gasteiger charge is -2.20. The fraction of sp³-hybridized carbons (Fsp3) is 0.300. The summed E-state index contributed by atoms with van der Waals surface area (Å²) in [5.74, 6) is -0.128. The van der Waals surface area contributed by atoms with Crippen LogP contribution in [0.15, 0.2) is 42.5 Å². The van der Waals surface area contributed by atoms with Gasteiger partial charge in [0.1, 0.15) is 0 Å². The third kappa shape index (κ3) is 2.91. The van der Waals surface area contributed by atoms with Crippen molar-refractivity contribution < 1.29 is 9.59 Å². The smallest absolute Gasteiger partial charge is 0.196 e. The number of hydrogen-bond acceptors (Lipinski definition) is 3. The highest BCUT2D eigenvalue weighted by Gasteiger charge is 2.31. The minimum atomic E-state index is -0.0650. The summed E-state index contributed by atoms with van der Waals surface area (Å²) in [5, 5.41) is 3.34. The van der Waals surface area contributed by atoms with Crippen molar-refractivity contribution in [3.8, 4) is 0 Å². The van der Waals surface area contributed by atoms with E-state index in [0.29, 0.717) is 22.3 Å². The van der Waals surface area contributed by atoms with Crippen LogP contribution in [-0.2, 0) is 0 Å². The summed E-state index contributed by atoms with van der Waals surface area (Å²) in [6, 6.07) is 12.5. The molecule has 118 valence electrons. The molecule has 0 amide bonds. The molecule has 3 rings (SSSR count). The van der Waals surface area contributed by atoms with Crippen molar-refractivity contribution >= 4 is 17.3 Å². The number of unbranched alkanes of at least 4 members (excludes halogenated alkanes) is 3. The fourth-order valence-electron chi connectivity index (χ4n) is 3.07. The van der Waals surface area contributed by atoms with Gasteiger partial charge in [0.05, 0.1) is 5.56 Å². The number of rotatable bonds is 6. The van der Waals surface area contributed by atoms with E-state index in [-0.39, 0.29) is 11.6 Å². The molecule has 2 aromatic carbocycles. The Morgan fingerprint density at radius 2 is 1.48 bits per heavy atom. The molecule has 0 heterocycles. The van der Waals surface area contributed by atoms with E-state index in [1.54, 1.807) is 30.3 Å². The minimum absolute atomic E-state index is 0.0631. The third-order valence-electron chi connectivity index (χ3n) is 4.30. The lowest BCUT2D eigenvalue weighted by molar-refractivity contribution is 0.0979. The van der Waals surface area contributed by atoms with E-state index in [1.165, 1.54) is 19.3 Å². The van der Waals surface area contributed by atoms with Crippen molar-refractivity contribution in [1.29, 1.82) is 0 Å². The standard InChI is InChI=1S/C20H21NO2/c1-2-3-4-7-13-21-17-12-8-11-16-18(17)20(23)15-10-6-5-9-14(15)19(16)22/h5-6,8-12,21H,2-4,7,13H2,1H3. The van der Waals surface area contributed by atoms with E-state index >= 15 is 0 Å². The van der Waals surface area contributed by atoms with E-state index in [1.807, 2.05) is 12.1 Å². The van der Waals surface area contributed by atoms with Crippen LogP contribution in [0.4, 0.5) is 5.69 Å². The van der Waals surface area contributed by atoms with Crippen LogP contribution < -0.4 is 5.32 Å². The first-order chi connectivity index (χ1) is 11.2. The quantitative estimate of drug-likeness (QED) is 0.684. The van der Waals surface area contributed by atoms with E-state index < -0.39 is 0 Å². The Morgan fingerprint density at radius 3 is 2.22 bits per heavy atom. The molecule has 3 nitrogen and oxygen atoms in total. The molecule has 2 aromatic rings. The Balaban J connectivity index is 1.88. The first-order valence-corrected chi connectivity index (χ1v) is 8.29. The summed E-state index contributed by atoms with van der Waals surface area (Å²) in [6.45, 7) is 3.00. The molecule has 0 radical (unpaired) electrons. The van der Waals surface area contributed by atoms with Crippen molar-refractivity contribution in [3.05, 3.63) is 64.7 Å². The van der Waals surface area contributed by atoms with Crippen molar-refractivity contribution in [1.82, 2.24) is 0 Å². The average molecular weight is 307 g/mol. The maximum atomic E-state index is 12.8. The van der Waals surface area contributed by atoms with Gasteiger partial charge in [0.2, 0.25) is 0 Å². The molecular formula is C20H21NO2. The van der Waals surface area contributed by atoms with Crippen molar-refractivity contribution in [2.24, 2.45) is 0 Å². The molecule has 1 aliphatic rings. The van der Waals surface area contributed by atoms with Crippen LogP contribution in [0.1, 0.15) is 64.4 Å². The monoisotopic (exact) mass is 307 g/mol. The molecule has 1 N–H and O–H groups in total. The molecule has 0 saturated carbocycles. The Kier molecular flexibility index (Phi) is 4.56. The molecule has 1 aliphatic carbocycles. The molecule has 0 aromatic heterocycles. The first kappa shape index (κ1) is 15.5. The highest BCUT2D eigenvalue weighted by molar-refractivity contribution is 6.30. The van der Waals surface area contributed by atoms with Gasteiger partial charge in [-0.3, -0.25) is 9.59 Å². The van der Waals surface area contributed by atoms with E-state index in [9.17, 15) is 9.59 Å². The molecule has 0 atom stereocenters. The molecule has 3 heteroatoms. The lowest BCUT2D eigenvalue weighted by Crippen LogP contribution is -2.22. The Hall–Kier alpha value is -2.42. The minimum Gasteiger partial charge on any atom is -0.384 e. The molecule has 0 saturated heterocycles. The second-order valence-electron chi connectivity index (χ2n) is 5.92. The van der Waals surface area contributed by atoms with Gasteiger partial charge in [-0.15, -0.1) is 0 Å². The molecule has 0 fully saturated rings. The van der Waals surface area contributed by atoms with Crippen molar-refractivity contribution in [3.63, 3.8) is 0 Å². The van der Waals surface area contributed by atoms with E-state index in [0.717, 1.165) is 18.7 Å². The molecule has 23 heavy (non-hydrogen) atoms. The first-order valence-electron chi connectivity index (χ1n) is 8.29. The van der Waals surface area contributed by atoms with Crippen molar-refractivity contribution in [2.45, 2.75) is 32.6 Å². The zero-order chi connectivity index (χ0) is 16.2. The maximum Gasteiger partial charge on any atom is 0.196 e. The zero-order valence-corrected chi connectivity index (χ0v) is 13.4. The van der Waals surface area contributed by atoms with Crippen molar-refractivity contribution in [2.75, 3.05) is 11.9 Å². The summed E-state index contributed by atoms with van der Waals surface area (Å²) >= 11 is 0. The fourth-order valence-corrected chi connectivity index (χ4v) is 3.07. The number of carbonyl (C=O) groups is 2. The predicted molar refractivity (Wildman–Crippen MR) is 92.4 cm³/mol. The summed E-state index contributed by atoms with van der Waals surface area (Å²) in [4.78, 5) is 25.5. The lowest BCUT2D eigenvalue weighted by atomic mass is 9.83. The molecule has 0 spiro atoms. The molecule has 0 bridgehead atoms. The highest BCUT2D eigenvalue weighted by atomic mass is 16.1. The van der Waals surface area contributed by atoms with Crippen LogP contribution in [0, 0.1) is 0 Å². The van der Waals surface area contributed by atoms with Crippen LogP contribution in [0.25, 0.3) is 0 Å². The Morgan fingerprint density at radius 1 is 0.783 bits per heavy atom. The molecule has 0 unspecified atom stereocenters. The molecule has 0 aliphatic heterocycles. The third-order valence-corrected chi connectivity index (χ3v) is 4.30. The number of anilines is 1. The van der Waals surface area contributed by atoms with Crippen LogP contribution in [0.5, 0.6) is 0 Å². The summed E-state index contributed by atoms with van der Waals surface area (Å²) in [6.07, 6.45) is 4.66. The van der Waals surface area contributed by atoms with Gasteiger partial charge in [0.15, 0.2) is 11.6 Å². The summed E-state index contributed by atoms with van der Waals surface area (Å²) < 4.78 is 0. The number of hydrogen-bond donors (Lipinski definition) is 1.